The Balaban J connectivity index is 1.83. The molecule has 3 rings (SSSR count). The minimum absolute atomic E-state index is 0.245. The van der Waals surface area contributed by atoms with Crippen LogP contribution in [0.4, 0.5) is 5.69 Å². The van der Waals surface area contributed by atoms with Gasteiger partial charge in [-0.05, 0) is 25.3 Å². The zero-order chi connectivity index (χ0) is 15.5. The summed E-state index contributed by atoms with van der Waals surface area (Å²) in [6.07, 6.45) is 5.35. The molecule has 3 heterocycles. The van der Waals surface area contributed by atoms with Gasteiger partial charge in [-0.2, -0.15) is 5.26 Å². The Morgan fingerprint density at radius 2 is 2.27 bits per heavy atom. The number of hydrogen-bond donors (Lipinski definition) is 0. The number of piperidine rings is 1. The first-order valence-corrected chi connectivity index (χ1v) is 7.72. The summed E-state index contributed by atoms with van der Waals surface area (Å²) in [7, 11) is 1.52. The van der Waals surface area contributed by atoms with Crippen molar-refractivity contribution in [2.75, 3.05) is 31.6 Å². The highest BCUT2D eigenvalue weighted by molar-refractivity contribution is 5.78. The number of carbonyl (C=O) groups excluding carboxylic acids is 1. The van der Waals surface area contributed by atoms with E-state index >= 15 is 0 Å². The molecule has 0 saturated carbocycles. The van der Waals surface area contributed by atoms with Crippen LogP contribution in [0.25, 0.3) is 0 Å². The molecule has 116 valence electrons. The molecule has 1 atom stereocenters. The molecule has 0 spiro atoms. The second-order valence-electron chi connectivity index (χ2n) is 5.76. The molecule has 0 N–H and O–H groups in total. The Kier molecular flexibility index (Phi) is 4.14. The van der Waals surface area contributed by atoms with Crippen molar-refractivity contribution in [3.8, 4) is 11.9 Å². The molecule has 0 radical (unpaired) electrons. The van der Waals surface area contributed by atoms with Crippen LogP contribution in [-0.4, -0.2) is 48.6 Å². The van der Waals surface area contributed by atoms with Gasteiger partial charge in [0.05, 0.1) is 12.8 Å². The van der Waals surface area contributed by atoms with Crippen molar-refractivity contribution < 1.29 is 9.53 Å². The topological polar surface area (TPSA) is 69.5 Å². The SMILES string of the molecule is COc1nccc(N2CCC[C@H](N3CCCC3=O)C2)c1C#N. The molecule has 6 heteroatoms. The Morgan fingerprint density at radius 1 is 1.41 bits per heavy atom. The van der Waals surface area contributed by atoms with E-state index in [0.717, 1.165) is 44.6 Å². The highest BCUT2D eigenvalue weighted by atomic mass is 16.5. The molecule has 2 saturated heterocycles. The molecule has 1 aromatic rings. The maximum Gasteiger partial charge on any atom is 0.233 e. The standard InChI is InChI=1S/C16H20N4O2/c1-22-16-13(10-17)14(6-7-18-16)19-8-2-4-12(11-19)20-9-3-5-15(20)21/h6-7,12H,2-5,8-9,11H2,1H3/t12-/m0/s1. The van der Waals surface area contributed by atoms with Gasteiger partial charge in [0.15, 0.2) is 0 Å². The minimum atomic E-state index is 0.245. The molecule has 2 aliphatic heterocycles. The summed E-state index contributed by atoms with van der Waals surface area (Å²) < 4.78 is 5.19. The van der Waals surface area contributed by atoms with Crippen LogP contribution in [0, 0.1) is 11.3 Å². The second-order valence-corrected chi connectivity index (χ2v) is 5.76. The van der Waals surface area contributed by atoms with Gasteiger partial charge in [-0.1, -0.05) is 0 Å². The minimum Gasteiger partial charge on any atom is -0.480 e. The Labute approximate surface area is 130 Å². The molecule has 1 aromatic heterocycles. The van der Waals surface area contributed by atoms with Crippen LogP contribution in [0.1, 0.15) is 31.2 Å². The van der Waals surface area contributed by atoms with Gasteiger partial charge in [0.2, 0.25) is 11.8 Å². The van der Waals surface area contributed by atoms with E-state index in [1.54, 1.807) is 6.20 Å². The first kappa shape index (κ1) is 14.6. The Hall–Kier alpha value is -2.29. The van der Waals surface area contributed by atoms with Crippen molar-refractivity contribution in [3.63, 3.8) is 0 Å². The number of hydrogen-bond acceptors (Lipinski definition) is 5. The third-order valence-corrected chi connectivity index (χ3v) is 4.49. The highest BCUT2D eigenvalue weighted by Gasteiger charge is 2.32. The van der Waals surface area contributed by atoms with Crippen LogP contribution in [0.15, 0.2) is 12.3 Å². The third kappa shape index (κ3) is 2.59. The van der Waals surface area contributed by atoms with Crippen molar-refractivity contribution in [1.82, 2.24) is 9.88 Å². The molecular weight excluding hydrogens is 280 g/mol. The van der Waals surface area contributed by atoms with Crippen LogP contribution in [0.5, 0.6) is 5.88 Å². The van der Waals surface area contributed by atoms with Crippen LogP contribution >= 0.6 is 0 Å². The molecule has 1 amide bonds. The molecule has 2 aliphatic rings. The molecular formula is C16H20N4O2. The Bertz CT molecular complexity index is 611. The molecule has 22 heavy (non-hydrogen) atoms. The number of aromatic nitrogens is 1. The van der Waals surface area contributed by atoms with Crippen molar-refractivity contribution in [3.05, 3.63) is 17.8 Å². The molecule has 0 aliphatic carbocycles. The van der Waals surface area contributed by atoms with Gasteiger partial charge in [-0.15, -0.1) is 0 Å². The lowest BCUT2D eigenvalue weighted by Gasteiger charge is -2.39. The number of methoxy groups -OCH3 is 1. The summed E-state index contributed by atoms with van der Waals surface area (Å²) in [6, 6.07) is 4.30. The number of likely N-dealkylation sites (tertiary alicyclic amines) is 1. The monoisotopic (exact) mass is 300 g/mol. The molecule has 2 fully saturated rings. The largest absolute Gasteiger partial charge is 0.480 e. The normalized spacial score (nSPS) is 21.8. The molecule has 0 bridgehead atoms. The third-order valence-electron chi connectivity index (χ3n) is 4.49. The maximum atomic E-state index is 12.0. The van der Waals surface area contributed by atoms with E-state index in [9.17, 15) is 10.1 Å². The number of nitriles is 1. The van der Waals surface area contributed by atoms with Gasteiger partial charge < -0.3 is 14.5 Å². The lowest BCUT2D eigenvalue weighted by Crippen LogP contribution is -2.48. The van der Waals surface area contributed by atoms with E-state index in [1.807, 2.05) is 11.0 Å². The smallest absolute Gasteiger partial charge is 0.233 e. The number of ether oxygens (including phenoxy) is 1. The lowest BCUT2D eigenvalue weighted by atomic mass is 10.0. The van der Waals surface area contributed by atoms with Gasteiger partial charge in [0, 0.05) is 38.3 Å². The number of rotatable bonds is 3. The van der Waals surface area contributed by atoms with Crippen LogP contribution in [-0.2, 0) is 4.79 Å². The summed E-state index contributed by atoms with van der Waals surface area (Å²) >= 11 is 0. The number of pyridine rings is 1. The number of anilines is 1. The van der Waals surface area contributed by atoms with E-state index in [2.05, 4.69) is 16.0 Å². The van der Waals surface area contributed by atoms with Gasteiger partial charge >= 0.3 is 0 Å². The van der Waals surface area contributed by atoms with E-state index in [1.165, 1.54) is 7.11 Å². The lowest BCUT2D eigenvalue weighted by molar-refractivity contribution is -0.129. The fourth-order valence-electron chi connectivity index (χ4n) is 3.44. The summed E-state index contributed by atoms with van der Waals surface area (Å²) in [5, 5.41) is 9.42. The fourth-order valence-corrected chi connectivity index (χ4v) is 3.44. The zero-order valence-corrected chi connectivity index (χ0v) is 12.8. The van der Waals surface area contributed by atoms with E-state index < -0.39 is 0 Å². The number of amides is 1. The predicted octanol–water partition coefficient (Wildman–Crippen LogP) is 1.55. The van der Waals surface area contributed by atoms with E-state index in [4.69, 9.17) is 4.74 Å². The van der Waals surface area contributed by atoms with Crippen molar-refractivity contribution >= 4 is 11.6 Å². The predicted molar refractivity (Wildman–Crippen MR) is 81.7 cm³/mol. The quantitative estimate of drug-likeness (QED) is 0.847. The summed E-state index contributed by atoms with van der Waals surface area (Å²) in [6.45, 7) is 2.52. The van der Waals surface area contributed by atoms with Crippen LogP contribution < -0.4 is 9.64 Å². The first-order valence-electron chi connectivity index (χ1n) is 7.72. The van der Waals surface area contributed by atoms with Gasteiger partial charge in [0.25, 0.3) is 0 Å². The fraction of sp³-hybridized carbons (Fsp3) is 0.562. The summed E-state index contributed by atoms with van der Waals surface area (Å²) in [4.78, 5) is 20.3. The number of nitrogens with zero attached hydrogens (tertiary/aromatic N) is 4. The summed E-state index contributed by atoms with van der Waals surface area (Å²) in [5.74, 6) is 0.624. The van der Waals surface area contributed by atoms with Gasteiger partial charge in [-0.3, -0.25) is 4.79 Å². The van der Waals surface area contributed by atoms with E-state index in [-0.39, 0.29) is 11.9 Å². The van der Waals surface area contributed by atoms with Gasteiger partial charge in [-0.25, -0.2) is 4.98 Å². The van der Waals surface area contributed by atoms with Crippen LogP contribution in [0.2, 0.25) is 0 Å². The van der Waals surface area contributed by atoms with Crippen molar-refractivity contribution in [2.24, 2.45) is 0 Å². The Morgan fingerprint density at radius 3 is 2.95 bits per heavy atom. The first-order chi connectivity index (χ1) is 10.7. The number of carbonyl (C=O) groups is 1. The molecule has 6 nitrogen and oxygen atoms in total. The van der Waals surface area contributed by atoms with Crippen LogP contribution in [0.3, 0.4) is 0 Å². The molecule has 0 unspecified atom stereocenters. The van der Waals surface area contributed by atoms with Gasteiger partial charge in [0.1, 0.15) is 11.6 Å². The summed E-state index contributed by atoms with van der Waals surface area (Å²) in [5.41, 5.74) is 1.32. The van der Waals surface area contributed by atoms with E-state index in [0.29, 0.717) is 17.9 Å². The average Bonchev–Trinajstić information content (AvgIpc) is 3.00. The highest BCUT2D eigenvalue weighted by Crippen LogP contribution is 2.30. The average molecular weight is 300 g/mol. The molecule has 0 aromatic carbocycles. The maximum absolute atomic E-state index is 12.0. The van der Waals surface area contributed by atoms with Crippen molar-refractivity contribution in [1.29, 1.82) is 5.26 Å². The zero-order valence-electron chi connectivity index (χ0n) is 12.8. The van der Waals surface area contributed by atoms with Crippen molar-refractivity contribution in [2.45, 2.75) is 31.7 Å². The second kappa shape index (κ2) is 6.22.